The maximum atomic E-state index is 12.9. The highest BCUT2D eigenvalue weighted by atomic mass is 32.1. The highest BCUT2D eigenvalue weighted by molar-refractivity contribution is 7.12. The summed E-state index contributed by atoms with van der Waals surface area (Å²) in [6.07, 6.45) is 1.68. The Labute approximate surface area is 169 Å². The van der Waals surface area contributed by atoms with E-state index >= 15 is 0 Å². The fourth-order valence-corrected chi connectivity index (χ4v) is 4.66. The molecule has 4 rings (SSSR count). The van der Waals surface area contributed by atoms with E-state index in [1.54, 1.807) is 0 Å². The van der Waals surface area contributed by atoms with Gasteiger partial charge in [0.2, 0.25) is 5.91 Å². The van der Waals surface area contributed by atoms with Crippen LogP contribution in [0.2, 0.25) is 0 Å². The molecule has 5 heteroatoms. The molecule has 2 unspecified atom stereocenters. The van der Waals surface area contributed by atoms with Gasteiger partial charge in [-0.05, 0) is 47.5 Å². The predicted octanol–water partition coefficient (Wildman–Crippen LogP) is 4.63. The fourth-order valence-electron chi connectivity index (χ4n) is 3.97. The molecule has 2 aromatic carbocycles. The molecule has 0 aliphatic carbocycles. The van der Waals surface area contributed by atoms with Gasteiger partial charge in [-0.25, -0.2) is 0 Å². The van der Waals surface area contributed by atoms with Crippen molar-refractivity contribution in [1.82, 2.24) is 10.2 Å². The Morgan fingerprint density at radius 1 is 1.11 bits per heavy atom. The molecule has 0 radical (unpaired) electrons. The molecule has 1 N–H and O–H groups in total. The van der Waals surface area contributed by atoms with Crippen LogP contribution in [0, 0.1) is 5.92 Å². The lowest BCUT2D eigenvalue weighted by Gasteiger charge is -2.32. The number of hydrogen-bond acceptors (Lipinski definition) is 3. The van der Waals surface area contributed by atoms with E-state index in [2.05, 4.69) is 29.6 Å². The summed E-state index contributed by atoms with van der Waals surface area (Å²) in [7, 11) is 0. The van der Waals surface area contributed by atoms with Gasteiger partial charge in [-0.1, -0.05) is 48.5 Å². The van der Waals surface area contributed by atoms with E-state index in [1.165, 1.54) is 16.7 Å². The summed E-state index contributed by atoms with van der Waals surface area (Å²) in [6.45, 7) is 3.24. The molecule has 0 saturated carbocycles. The number of nitrogens with one attached hydrogen (secondary N) is 1. The van der Waals surface area contributed by atoms with Crippen LogP contribution in [0.15, 0.2) is 60.0 Å². The predicted molar refractivity (Wildman–Crippen MR) is 113 cm³/mol. The van der Waals surface area contributed by atoms with Gasteiger partial charge in [0.1, 0.15) is 0 Å². The normalized spacial score (nSPS) is 18.0. The molecule has 1 aliphatic rings. The molecule has 2 atom stereocenters. The zero-order chi connectivity index (χ0) is 19.5. The second-order valence-electron chi connectivity index (χ2n) is 7.37. The van der Waals surface area contributed by atoms with Crippen LogP contribution in [-0.2, 0) is 4.79 Å². The van der Waals surface area contributed by atoms with E-state index in [4.69, 9.17) is 0 Å². The van der Waals surface area contributed by atoms with Crippen molar-refractivity contribution in [2.75, 3.05) is 13.1 Å². The first-order valence-corrected chi connectivity index (χ1v) is 10.6. The maximum Gasteiger partial charge on any atom is 0.263 e. The third-order valence-corrected chi connectivity index (χ3v) is 6.32. The van der Waals surface area contributed by atoms with Crippen molar-refractivity contribution < 1.29 is 9.59 Å². The van der Waals surface area contributed by atoms with Gasteiger partial charge in [0.25, 0.3) is 5.91 Å². The number of amides is 2. The van der Waals surface area contributed by atoms with Crippen LogP contribution in [0.25, 0.3) is 10.8 Å². The molecule has 1 saturated heterocycles. The van der Waals surface area contributed by atoms with Crippen LogP contribution in [0.4, 0.5) is 0 Å². The van der Waals surface area contributed by atoms with Gasteiger partial charge in [-0.15, -0.1) is 11.3 Å². The first-order chi connectivity index (χ1) is 13.6. The van der Waals surface area contributed by atoms with Crippen LogP contribution in [0.3, 0.4) is 0 Å². The van der Waals surface area contributed by atoms with Gasteiger partial charge in [0, 0.05) is 13.1 Å². The smallest absolute Gasteiger partial charge is 0.263 e. The van der Waals surface area contributed by atoms with Crippen molar-refractivity contribution in [1.29, 1.82) is 0 Å². The monoisotopic (exact) mass is 392 g/mol. The largest absolute Gasteiger partial charge is 0.349 e. The number of piperidine rings is 1. The number of fused-ring (bicyclic) bond motifs is 1. The second kappa shape index (κ2) is 8.15. The van der Waals surface area contributed by atoms with Gasteiger partial charge < -0.3 is 10.2 Å². The minimum Gasteiger partial charge on any atom is -0.349 e. The molecule has 0 spiro atoms. The van der Waals surface area contributed by atoms with Crippen LogP contribution in [0.5, 0.6) is 0 Å². The summed E-state index contributed by atoms with van der Waals surface area (Å²) in [4.78, 5) is 28.1. The molecule has 2 amide bonds. The molecule has 4 nitrogen and oxygen atoms in total. The van der Waals surface area contributed by atoms with Crippen molar-refractivity contribution in [2.24, 2.45) is 5.92 Å². The summed E-state index contributed by atoms with van der Waals surface area (Å²) < 4.78 is 0. The van der Waals surface area contributed by atoms with Gasteiger partial charge >= 0.3 is 0 Å². The van der Waals surface area contributed by atoms with Crippen molar-refractivity contribution in [2.45, 2.75) is 25.8 Å². The van der Waals surface area contributed by atoms with Crippen molar-refractivity contribution in [3.8, 4) is 0 Å². The van der Waals surface area contributed by atoms with Crippen LogP contribution in [-0.4, -0.2) is 29.8 Å². The SMILES string of the molecule is CC(NC(=O)C1CCCN(C(=O)c2cccs2)C1)c1cccc2ccccc12. The first-order valence-electron chi connectivity index (χ1n) is 9.74. The van der Waals surface area contributed by atoms with E-state index in [-0.39, 0.29) is 23.8 Å². The summed E-state index contributed by atoms with van der Waals surface area (Å²) in [5.41, 5.74) is 1.12. The molecule has 1 aromatic heterocycles. The maximum absolute atomic E-state index is 12.9. The lowest BCUT2D eigenvalue weighted by Crippen LogP contribution is -2.45. The van der Waals surface area contributed by atoms with E-state index in [0.717, 1.165) is 35.2 Å². The highest BCUT2D eigenvalue weighted by Crippen LogP contribution is 2.26. The van der Waals surface area contributed by atoms with Crippen LogP contribution >= 0.6 is 11.3 Å². The lowest BCUT2D eigenvalue weighted by atomic mass is 9.95. The third kappa shape index (κ3) is 3.80. The number of carbonyl (C=O) groups is 2. The molecule has 0 bridgehead atoms. The molecule has 28 heavy (non-hydrogen) atoms. The molecular formula is C23H24N2O2S. The van der Waals surface area contributed by atoms with Gasteiger partial charge in [-0.3, -0.25) is 9.59 Å². The van der Waals surface area contributed by atoms with Gasteiger partial charge in [0.15, 0.2) is 0 Å². The zero-order valence-electron chi connectivity index (χ0n) is 15.9. The van der Waals surface area contributed by atoms with Gasteiger partial charge in [-0.2, -0.15) is 0 Å². The summed E-state index contributed by atoms with van der Waals surface area (Å²) in [5, 5.41) is 7.42. The number of rotatable bonds is 4. The molecule has 144 valence electrons. The average molecular weight is 393 g/mol. The standard InChI is InChI=1S/C23H24N2O2S/c1-16(19-11-4-8-17-7-2-3-10-20(17)19)24-22(26)18-9-5-13-25(15-18)23(27)21-12-6-14-28-21/h2-4,6-8,10-12,14,16,18H,5,9,13,15H2,1H3,(H,24,26). The second-order valence-corrected chi connectivity index (χ2v) is 8.31. The Bertz CT molecular complexity index is 978. The third-order valence-electron chi connectivity index (χ3n) is 5.46. The number of carbonyl (C=O) groups excluding carboxylic acids is 2. The fraction of sp³-hybridized carbons (Fsp3) is 0.304. The summed E-state index contributed by atoms with van der Waals surface area (Å²) in [6, 6.07) is 18.1. The van der Waals surface area contributed by atoms with E-state index in [0.29, 0.717) is 6.54 Å². The Morgan fingerprint density at radius 3 is 2.75 bits per heavy atom. The Morgan fingerprint density at radius 2 is 1.93 bits per heavy atom. The average Bonchev–Trinajstić information content (AvgIpc) is 3.27. The molecule has 2 heterocycles. The number of thiophene rings is 1. The van der Waals surface area contributed by atoms with Crippen LogP contribution in [0.1, 0.15) is 41.0 Å². The first kappa shape index (κ1) is 18.7. The van der Waals surface area contributed by atoms with E-state index in [1.807, 2.05) is 47.5 Å². The molecule has 1 aliphatic heterocycles. The summed E-state index contributed by atoms with van der Waals surface area (Å²) in [5.74, 6) is -0.0891. The van der Waals surface area contributed by atoms with Gasteiger partial charge in [0.05, 0.1) is 16.8 Å². The van der Waals surface area contributed by atoms with Crippen molar-refractivity contribution in [3.63, 3.8) is 0 Å². The Kier molecular flexibility index (Phi) is 5.44. The topological polar surface area (TPSA) is 49.4 Å². The molecular weight excluding hydrogens is 368 g/mol. The summed E-state index contributed by atoms with van der Waals surface area (Å²) >= 11 is 1.45. The van der Waals surface area contributed by atoms with E-state index in [9.17, 15) is 9.59 Å². The number of hydrogen-bond donors (Lipinski definition) is 1. The van der Waals surface area contributed by atoms with Crippen molar-refractivity contribution in [3.05, 3.63) is 70.4 Å². The minimum atomic E-state index is -0.157. The lowest BCUT2D eigenvalue weighted by molar-refractivity contribution is -0.127. The Hall–Kier alpha value is -2.66. The molecule has 1 fully saturated rings. The van der Waals surface area contributed by atoms with E-state index < -0.39 is 0 Å². The number of benzene rings is 2. The highest BCUT2D eigenvalue weighted by Gasteiger charge is 2.30. The van der Waals surface area contributed by atoms with Crippen LogP contribution < -0.4 is 5.32 Å². The minimum absolute atomic E-state index is 0.0316. The molecule has 3 aromatic rings. The number of likely N-dealkylation sites (tertiary alicyclic amines) is 1. The Balaban J connectivity index is 1.45. The van der Waals surface area contributed by atoms with Crippen molar-refractivity contribution >= 4 is 33.9 Å². The number of nitrogens with zero attached hydrogens (tertiary/aromatic N) is 1. The zero-order valence-corrected chi connectivity index (χ0v) is 16.7. The quantitative estimate of drug-likeness (QED) is 0.704.